The van der Waals surface area contributed by atoms with Gasteiger partial charge in [-0.25, -0.2) is 0 Å². The number of amides is 2. The zero-order valence-corrected chi connectivity index (χ0v) is 15.1. The maximum atomic E-state index is 12.8. The molecule has 2 aromatic rings. The third kappa shape index (κ3) is 3.68. The molecule has 8 heteroatoms. The van der Waals surface area contributed by atoms with Gasteiger partial charge < -0.3 is 19.3 Å². The van der Waals surface area contributed by atoms with E-state index in [0.717, 1.165) is 12.8 Å². The molecule has 1 saturated heterocycles. The number of rotatable bonds is 3. The highest BCUT2D eigenvalue weighted by molar-refractivity contribution is 6.03. The van der Waals surface area contributed by atoms with Crippen molar-refractivity contribution in [3.63, 3.8) is 0 Å². The Kier molecular flexibility index (Phi) is 4.92. The quantitative estimate of drug-likeness (QED) is 0.902. The van der Waals surface area contributed by atoms with Crippen LogP contribution in [0.2, 0.25) is 0 Å². The third-order valence-corrected chi connectivity index (χ3v) is 4.61. The topological polar surface area (TPSA) is 97.4 Å². The summed E-state index contributed by atoms with van der Waals surface area (Å²) in [6, 6.07) is 2.90. The van der Waals surface area contributed by atoms with Gasteiger partial charge in [0, 0.05) is 32.4 Å². The van der Waals surface area contributed by atoms with E-state index >= 15 is 0 Å². The Morgan fingerprint density at radius 3 is 2.58 bits per heavy atom. The summed E-state index contributed by atoms with van der Waals surface area (Å²) in [5.74, 6) is 0.405. The minimum atomic E-state index is -0.560. The highest BCUT2D eigenvalue weighted by Gasteiger charge is 2.23. The molecule has 3 rings (SSSR count). The molecule has 2 aromatic heterocycles. The number of aryl methyl sites for hydroxylation is 2. The number of carbonyl (C=O) groups is 2. The lowest BCUT2D eigenvalue weighted by Crippen LogP contribution is -2.38. The van der Waals surface area contributed by atoms with Crippen molar-refractivity contribution in [3.05, 3.63) is 45.7 Å². The van der Waals surface area contributed by atoms with Gasteiger partial charge in [-0.2, -0.15) is 0 Å². The predicted molar refractivity (Wildman–Crippen MR) is 95.2 cm³/mol. The van der Waals surface area contributed by atoms with Crippen LogP contribution in [0.5, 0.6) is 0 Å². The summed E-state index contributed by atoms with van der Waals surface area (Å²) in [6.45, 7) is 5.24. The van der Waals surface area contributed by atoms with E-state index in [-0.39, 0.29) is 17.3 Å². The Hall–Kier alpha value is -2.90. The average Bonchev–Trinajstić information content (AvgIpc) is 3.05. The van der Waals surface area contributed by atoms with Crippen molar-refractivity contribution in [2.75, 3.05) is 18.4 Å². The fraction of sp³-hybridized carbons (Fsp3) is 0.444. The second-order valence-corrected chi connectivity index (χ2v) is 6.81. The molecule has 0 atom stereocenters. The Bertz CT molecular complexity index is 891. The Morgan fingerprint density at radius 1 is 1.27 bits per heavy atom. The first-order valence-electron chi connectivity index (χ1n) is 8.59. The van der Waals surface area contributed by atoms with Crippen LogP contribution in [0.4, 0.5) is 5.69 Å². The summed E-state index contributed by atoms with van der Waals surface area (Å²) in [5, 5.41) is 6.15. The van der Waals surface area contributed by atoms with Crippen LogP contribution in [-0.4, -0.2) is 39.5 Å². The lowest BCUT2D eigenvalue weighted by Gasteiger charge is -2.30. The number of pyridine rings is 1. The van der Waals surface area contributed by atoms with E-state index in [4.69, 9.17) is 4.52 Å². The van der Waals surface area contributed by atoms with Gasteiger partial charge in [-0.15, -0.1) is 0 Å². The molecular weight excluding hydrogens is 336 g/mol. The number of nitrogens with zero attached hydrogens (tertiary/aromatic N) is 3. The van der Waals surface area contributed by atoms with Gasteiger partial charge in [0.2, 0.25) is 0 Å². The molecule has 0 radical (unpaired) electrons. The van der Waals surface area contributed by atoms with E-state index < -0.39 is 11.5 Å². The molecule has 0 aromatic carbocycles. The van der Waals surface area contributed by atoms with Crippen LogP contribution >= 0.6 is 0 Å². The molecule has 0 spiro atoms. The zero-order chi connectivity index (χ0) is 18.8. The van der Waals surface area contributed by atoms with Crippen molar-refractivity contribution in [3.8, 4) is 0 Å². The first-order chi connectivity index (χ1) is 12.3. The second-order valence-electron chi connectivity index (χ2n) is 6.81. The summed E-state index contributed by atoms with van der Waals surface area (Å²) in [6.07, 6.45) is 3.43. The van der Waals surface area contributed by atoms with Gasteiger partial charge in [0.05, 0.1) is 5.56 Å². The van der Waals surface area contributed by atoms with Crippen LogP contribution < -0.4 is 10.9 Å². The first-order valence-corrected chi connectivity index (χ1v) is 8.59. The van der Waals surface area contributed by atoms with Crippen molar-refractivity contribution < 1.29 is 14.1 Å². The molecule has 1 fully saturated rings. The molecule has 0 bridgehead atoms. The van der Waals surface area contributed by atoms with Gasteiger partial charge in [-0.05, 0) is 31.7 Å². The number of piperidine rings is 1. The van der Waals surface area contributed by atoms with Gasteiger partial charge in [0.1, 0.15) is 11.4 Å². The highest BCUT2D eigenvalue weighted by Crippen LogP contribution is 2.19. The summed E-state index contributed by atoms with van der Waals surface area (Å²) in [4.78, 5) is 39.1. The maximum Gasteiger partial charge on any atom is 0.278 e. The fourth-order valence-electron chi connectivity index (χ4n) is 2.97. The summed E-state index contributed by atoms with van der Waals surface area (Å²) in [7, 11) is 1.55. The maximum absolute atomic E-state index is 12.8. The van der Waals surface area contributed by atoms with E-state index in [1.807, 2.05) is 0 Å². The minimum absolute atomic E-state index is 0.0365. The smallest absolute Gasteiger partial charge is 0.278 e. The predicted octanol–water partition coefficient (Wildman–Crippen LogP) is 1.81. The first kappa shape index (κ1) is 17.9. The molecule has 26 heavy (non-hydrogen) atoms. The second kappa shape index (κ2) is 7.15. The lowest BCUT2D eigenvalue weighted by molar-refractivity contribution is 0.0696. The van der Waals surface area contributed by atoms with Crippen LogP contribution in [-0.2, 0) is 7.05 Å². The monoisotopic (exact) mass is 358 g/mol. The molecule has 1 aliphatic rings. The molecule has 0 aliphatic carbocycles. The number of carbonyl (C=O) groups excluding carboxylic acids is 2. The van der Waals surface area contributed by atoms with Gasteiger partial charge in [-0.3, -0.25) is 14.4 Å². The van der Waals surface area contributed by atoms with Crippen molar-refractivity contribution >= 4 is 17.5 Å². The Labute approximate surface area is 150 Å². The van der Waals surface area contributed by atoms with Gasteiger partial charge in [0.15, 0.2) is 5.69 Å². The van der Waals surface area contributed by atoms with E-state index in [9.17, 15) is 14.4 Å². The Morgan fingerprint density at radius 2 is 1.96 bits per heavy atom. The molecule has 1 N–H and O–H groups in total. The highest BCUT2D eigenvalue weighted by atomic mass is 16.5. The lowest BCUT2D eigenvalue weighted by atomic mass is 9.99. The number of nitrogens with one attached hydrogen (secondary N) is 1. The standard InChI is InChI=1S/C18H22N4O4/c1-11-4-6-22(7-5-11)17(24)13-9-15(18(25)21(3)10-13)19-16(23)14-8-12(2)26-20-14/h8-11H,4-7H2,1-3H3,(H,19,23). The van der Waals surface area contributed by atoms with Crippen LogP contribution in [0, 0.1) is 12.8 Å². The number of aromatic nitrogens is 2. The van der Waals surface area contributed by atoms with Crippen LogP contribution in [0.3, 0.4) is 0 Å². The van der Waals surface area contributed by atoms with Crippen molar-refractivity contribution in [2.45, 2.75) is 26.7 Å². The van der Waals surface area contributed by atoms with E-state index in [1.54, 1.807) is 18.9 Å². The third-order valence-electron chi connectivity index (χ3n) is 4.61. The molecule has 138 valence electrons. The summed E-state index contributed by atoms with van der Waals surface area (Å²) in [5.41, 5.74) is 0.0800. The molecule has 0 unspecified atom stereocenters. The molecular formula is C18H22N4O4. The molecule has 3 heterocycles. The van der Waals surface area contributed by atoms with E-state index in [2.05, 4.69) is 17.4 Å². The number of hydrogen-bond donors (Lipinski definition) is 1. The van der Waals surface area contributed by atoms with E-state index in [1.165, 1.54) is 22.9 Å². The molecule has 2 amide bonds. The van der Waals surface area contributed by atoms with Crippen molar-refractivity contribution in [2.24, 2.45) is 13.0 Å². The van der Waals surface area contributed by atoms with Crippen LogP contribution in [0.25, 0.3) is 0 Å². The molecule has 0 saturated carbocycles. The van der Waals surface area contributed by atoms with Crippen molar-refractivity contribution in [1.29, 1.82) is 0 Å². The van der Waals surface area contributed by atoms with Crippen LogP contribution in [0.15, 0.2) is 27.6 Å². The number of hydrogen-bond acceptors (Lipinski definition) is 5. The Balaban J connectivity index is 1.84. The van der Waals surface area contributed by atoms with Crippen LogP contribution in [0.1, 0.15) is 46.4 Å². The van der Waals surface area contributed by atoms with Crippen molar-refractivity contribution in [1.82, 2.24) is 14.6 Å². The van der Waals surface area contributed by atoms with Gasteiger partial charge in [-0.1, -0.05) is 12.1 Å². The molecule has 1 aliphatic heterocycles. The fourth-order valence-corrected chi connectivity index (χ4v) is 2.97. The summed E-state index contributed by atoms with van der Waals surface area (Å²) >= 11 is 0. The normalized spacial score (nSPS) is 15.1. The van der Waals surface area contributed by atoms with Gasteiger partial charge >= 0.3 is 0 Å². The zero-order valence-electron chi connectivity index (χ0n) is 15.1. The summed E-state index contributed by atoms with van der Waals surface area (Å²) < 4.78 is 6.17. The minimum Gasteiger partial charge on any atom is -0.361 e. The SMILES string of the molecule is Cc1cc(C(=O)Nc2cc(C(=O)N3CCC(C)CC3)cn(C)c2=O)no1. The number of likely N-dealkylation sites (tertiary alicyclic amines) is 1. The molecule has 8 nitrogen and oxygen atoms in total. The van der Waals surface area contributed by atoms with E-state index in [0.29, 0.717) is 30.3 Å². The van der Waals surface area contributed by atoms with Gasteiger partial charge in [0.25, 0.3) is 17.4 Å². The number of anilines is 1. The largest absolute Gasteiger partial charge is 0.361 e. The average molecular weight is 358 g/mol.